The van der Waals surface area contributed by atoms with E-state index in [4.69, 9.17) is 19.0 Å². The topological polar surface area (TPSA) is 331 Å². The monoisotopic (exact) mass is 1950 g/mol. The van der Waals surface area contributed by atoms with Gasteiger partial charge in [-0.25, -0.2) is 0 Å². The molecule has 9 heterocycles. The van der Waals surface area contributed by atoms with Gasteiger partial charge in [-0.15, -0.1) is 0 Å². The lowest BCUT2D eigenvalue weighted by molar-refractivity contribution is -0.383. The van der Waals surface area contributed by atoms with Crippen molar-refractivity contribution in [2.75, 3.05) is 21.7 Å². The number of aromatic amines is 1. The number of nitro groups is 2. The Labute approximate surface area is 769 Å². The quantitative estimate of drug-likeness (QED) is 0.0303. The van der Waals surface area contributed by atoms with E-state index < -0.39 is 46.0 Å². The number of hydrogen-bond donors (Lipinski definition) is 5. The van der Waals surface area contributed by atoms with Crippen LogP contribution in [-0.4, -0.2) is 76.2 Å². The second-order valence-corrected chi connectivity index (χ2v) is 31.6. The third kappa shape index (κ3) is 22.3. The summed E-state index contributed by atoms with van der Waals surface area (Å²) < 4.78 is 140. The first-order chi connectivity index (χ1) is 64.4. The molecule has 0 fully saturated rings. The smallest absolute Gasteiger partial charge is 0.416 e. The highest BCUT2D eigenvalue weighted by Gasteiger charge is 2.35. The van der Waals surface area contributed by atoms with Gasteiger partial charge in [0.2, 0.25) is 0 Å². The lowest BCUT2D eigenvalue weighted by Gasteiger charge is -2.13. The van der Waals surface area contributed by atoms with Gasteiger partial charge in [-0.05, 0) is 161 Å². The number of nitrogens with two attached hydrogens (primary N) is 1. The summed E-state index contributed by atoms with van der Waals surface area (Å²) in [6, 6.07) is 80.6. The Kier molecular flexibility index (Phi) is 28.0. The first-order valence-corrected chi connectivity index (χ1v) is 42.0. The van der Waals surface area contributed by atoms with E-state index in [2.05, 4.69) is 85.4 Å². The Bertz CT molecular complexity index is 7530. The van der Waals surface area contributed by atoms with Crippen LogP contribution in [0.1, 0.15) is 75.6 Å². The number of fused-ring (bicyclic) bond motifs is 6. The van der Waals surface area contributed by atoms with Crippen molar-refractivity contribution in [3.8, 4) is 0 Å². The van der Waals surface area contributed by atoms with Crippen LogP contribution < -0.4 is 21.7 Å². The molecule has 0 bridgehead atoms. The average Bonchev–Trinajstić information content (AvgIpc) is 1.64. The molecule has 0 unspecified atom stereocenters. The number of hydrogen-bond acceptors (Lipinski definition) is 15. The zero-order valence-electron chi connectivity index (χ0n) is 69.5. The van der Waals surface area contributed by atoms with Gasteiger partial charge in [0.15, 0.2) is 23.3 Å². The largest absolute Gasteiger partial charge is 0.472 e. The van der Waals surface area contributed by atoms with Crippen molar-refractivity contribution in [2.45, 2.75) is 51.3 Å². The molecule has 0 aliphatic carbocycles. The minimum atomic E-state index is -4.46. The number of nitrogen functional groups attached to an aromatic ring is 1. The molecule has 37 heteroatoms. The SMILES string of the molecule is Nc1nn(Cc2ccc(C(F)(F)F)cc2)c2ccccc12.O=C(Nc1n[nH]c2ccccc12)c1ccoc1.O=C(Nc1nn(Cc2ccccc2)c2ccccc12)c1ccoc1.O=C(Nc1nn(Cc2ccccc2C(F)(F)F)c2ccccc12)c1ccoc1.O=[N+]([O-])c1cn(Cc2ccc(C(F)(F)F)cc2)c2ccc(Br)cc12.O=[N+]([O-])c1cn(Cc2ccccc2)c2ccc(Br)cc12. The summed E-state index contributed by atoms with van der Waals surface area (Å²) in [7, 11) is 0. The van der Waals surface area contributed by atoms with Gasteiger partial charge in [-0.1, -0.05) is 184 Å². The number of alkyl halides is 9. The zero-order chi connectivity index (χ0) is 94.4. The summed E-state index contributed by atoms with van der Waals surface area (Å²) >= 11 is 6.64. The number of halogens is 11. The van der Waals surface area contributed by atoms with Crippen molar-refractivity contribution in [3.05, 3.63) is 425 Å². The predicted molar refractivity (Wildman–Crippen MR) is 495 cm³/mol. The summed E-state index contributed by atoms with van der Waals surface area (Å²) in [5.41, 5.74) is 13.6. The first-order valence-electron chi connectivity index (χ1n) is 40.4. The molecule has 0 saturated carbocycles. The van der Waals surface area contributed by atoms with Crippen LogP contribution >= 0.6 is 31.9 Å². The van der Waals surface area contributed by atoms with Crippen molar-refractivity contribution in [3.63, 3.8) is 0 Å². The van der Waals surface area contributed by atoms with E-state index in [1.165, 1.54) is 90.9 Å². The lowest BCUT2D eigenvalue weighted by atomic mass is 10.1. The second-order valence-electron chi connectivity index (χ2n) is 29.8. The van der Waals surface area contributed by atoms with Gasteiger partial charge in [0, 0.05) is 43.6 Å². The number of rotatable bonds is 18. The van der Waals surface area contributed by atoms with Crippen molar-refractivity contribution >= 4 is 150 Å². The second kappa shape index (κ2) is 40.7. The number of benzene rings is 11. The van der Waals surface area contributed by atoms with Crippen LogP contribution in [0.5, 0.6) is 0 Å². The summed E-state index contributed by atoms with van der Waals surface area (Å²) in [6.45, 7) is 1.79. The highest BCUT2D eigenvalue weighted by Crippen LogP contribution is 2.38. The van der Waals surface area contributed by atoms with Crippen LogP contribution in [0, 0.1) is 20.2 Å². The highest BCUT2D eigenvalue weighted by atomic mass is 79.9. The molecular weight excluding hydrogens is 1880 g/mol. The molecular formula is C97H71Br2F9N16O10. The van der Waals surface area contributed by atoms with Crippen molar-refractivity contribution < 1.29 is 77.0 Å². The van der Waals surface area contributed by atoms with Gasteiger partial charge in [0.25, 0.3) is 29.1 Å². The van der Waals surface area contributed by atoms with E-state index in [1.54, 1.807) is 82.2 Å². The van der Waals surface area contributed by atoms with Gasteiger partial charge in [-0.3, -0.25) is 53.8 Å². The van der Waals surface area contributed by atoms with Crippen molar-refractivity contribution in [1.29, 1.82) is 0 Å². The van der Waals surface area contributed by atoms with Gasteiger partial charge >= 0.3 is 18.5 Å². The molecule has 0 radical (unpaired) electrons. The number of amides is 3. The molecule has 0 spiro atoms. The molecule has 20 aromatic rings. The Morgan fingerprint density at radius 3 is 1.18 bits per heavy atom. The standard InChI is InChI=1S/C20H14F3N3O2.C19H15N3O2.C16H10BrF3N2O2.C15H11BrN2O2.C15H12F3N3.C12H9N3O2/c21-20(22,23)16-7-3-1-5-13(16)11-26-17-8-4-2-6-15(17)18(25-26)24-19(27)14-9-10-28-12-14;23-19(15-10-11-24-13-15)20-18-16-8-4-5-9-17(16)22(21-18)12-14-6-2-1-3-7-14;17-12-5-6-14-13(7-12)15(22(23)24)9-21(14)8-10-1-3-11(4-2-10)16(18,19)20;16-12-6-7-14-13(8-12)15(18(19)20)10-17(14)9-11-4-2-1-3-5-11;16-15(17,18)11-7-5-10(6-8-11)9-21-13-4-2-1-3-12(13)14(19)20-21;16-12(8-5-6-17-7-8)13-11-9-3-1-2-4-10(9)14-15-11/h1-10,12H,11H2,(H,24,25,27);1-11,13H,12H2,(H,20,21,23);1-7,9H,8H2;1-8,10H,9H2;1-8H,9H2,(H2,19,20);1-7H,(H2,13,14,15,16). The number of carbonyl (C=O) groups excluding carboxylic acids is 3. The lowest BCUT2D eigenvalue weighted by Crippen LogP contribution is -2.13. The molecule has 676 valence electrons. The number of carbonyl (C=O) groups is 3. The molecule has 0 aliphatic heterocycles. The van der Waals surface area contributed by atoms with E-state index in [1.807, 2.05) is 143 Å². The first kappa shape index (κ1) is 92.3. The Hall–Kier alpha value is -16.4. The number of nitrogens with one attached hydrogen (secondary N) is 4. The molecule has 20 rings (SSSR count). The fourth-order valence-electron chi connectivity index (χ4n) is 14.4. The average molecular weight is 1950 g/mol. The molecule has 0 aliphatic rings. The summed E-state index contributed by atoms with van der Waals surface area (Å²) in [4.78, 5) is 57.9. The molecule has 6 N–H and O–H groups in total. The molecule has 134 heavy (non-hydrogen) atoms. The number of furan rings is 3. The van der Waals surface area contributed by atoms with E-state index in [9.17, 15) is 74.1 Å². The van der Waals surface area contributed by atoms with E-state index in [-0.39, 0.29) is 52.6 Å². The zero-order valence-corrected chi connectivity index (χ0v) is 72.7. The number of nitrogens with zero attached hydrogens (tertiary/aromatic N) is 11. The van der Waals surface area contributed by atoms with Crippen LogP contribution in [0.15, 0.2) is 357 Å². The Balaban J connectivity index is 0.000000123. The van der Waals surface area contributed by atoms with Crippen LogP contribution in [0.4, 0.5) is 74.2 Å². The molecule has 9 aromatic heterocycles. The van der Waals surface area contributed by atoms with Gasteiger partial charge in [-0.2, -0.15) is 59.9 Å². The Morgan fingerprint density at radius 1 is 0.381 bits per heavy atom. The fraction of sp³-hybridized carbons (Fsp3) is 0.0825. The van der Waals surface area contributed by atoms with Gasteiger partial charge in [0.05, 0.1) is 138 Å². The molecule has 11 aromatic carbocycles. The third-order valence-corrected chi connectivity index (χ3v) is 21.8. The van der Waals surface area contributed by atoms with Crippen LogP contribution in [0.25, 0.3) is 65.4 Å². The highest BCUT2D eigenvalue weighted by molar-refractivity contribution is 9.10. The predicted octanol–water partition coefficient (Wildman–Crippen LogP) is 24.7. The molecule has 0 atom stereocenters. The van der Waals surface area contributed by atoms with Gasteiger partial charge < -0.3 is 44.1 Å². The fourth-order valence-corrected chi connectivity index (χ4v) is 15.1. The maximum absolute atomic E-state index is 13.3. The normalized spacial score (nSPS) is 11.3. The van der Waals surface area contributed by atoms with Gasteiger partial charge in [0.1, 0.15) is 18.8 Å². The third-order valence-electron chi connectivity index (χ3n) is 20.8. The van der Waals surface area contributed by atoms with Crippen LogP contribution in [-0.2, 0) is 51.3 Å². The maximum Gasteiger partial charge on any atom is 0.416 e. The van der Waals surface area contributed by atoms with Crippen LogP contribution in [0.2, 0.25) is 0 Å². The summed E-state index contributed by atoms with van der Waals surface area (Å²) in [6.07, 6.45) is -1.75. The van der Waals surface area contributed by atoms with Crippen molar-refractivity contribution in [2.24, 2.45) is 0 Å². The molecule has 26 nitrogen and oxygen atoms in total. The minimum absolute atomic E-state index is 0.0433. The molecule has 0 saturated heterocycles. The van der Waals surface area contributed by atoms with Crippen LogP contribution in [0.3, 0.4) is 0 Å². The number of H-pyrrole nitrogens is 1. The minimum Gasteiger partial charge on any atom is -0.472 e. The summed E-state index contributed by atoms with van der Waals surface area (Å²) in [5.74, 6) is 0.859. The number of anilines is 4. The number of para-hydroxylation sites is 4. The van der Waals surface area contributed by atoms with Crippen molar-refractivity contribution in [1.82, 2.24) is 48.7 Å². The Morgan fingerprint density at radius 2 is 0.746 bits per heavy atom. The van der Waals surface area contributed by atoms with E-state index in [0.717, 1.165) is 89.7 Å². The van der Waals surface area contributed by atoms with E-state index in [0.29, 0.717) is 91.0 Å². The summed E-state index contributed by atoms with van der Waals surface area (Å²) in [5, 5.41) is 55.1. The maximum atomic E-state index is 13.3. The molecule has 3 amide bonds. The van der Waals surface area contributed by atoms with E-state index >= 15 is 0 Å². The number of aromatic nitrogens is 10.